The third-order valence-electron chi connectivity index (χ3n) is 3.80. The van der Waals surface area contributed by atoms with E-state index in [1.54, 1.807) is 24.3 Å². The van der Waals surface area contributed by atoms with E-state index in [1.165, 1.54) is 6.92 Å². The van der Waals surface area contributed by atoms with Crippen LogP contribution < -0.4 is 10.6 Å². The second-order valence-corrected chi connectivity index (χ2v) is 6.61. The van der Waals surface area contributed by atoms with Crippen molar-refractivity contribution >= 4 is 17.5 Å². The Hall–Kier alpha value is -1.92. The zero-order valence-electron chi connectivity index (χ0n) is 14.7. The van der Waals surface area contributed by atoms with Gasteiger partial charge in [0.15, 0.2) is 0 Å². The Labute approximate surface area is 143 Å². The number of hydrogen-bond acceptors (Lipinski definition) is 4. The fraction of sp³-hybridized carbons (Fsp3) is 0.556. The van der Waals surface area contributed by atoms with Gasteiger partial charge in [0.1, 0.15) is 0 Å². The molecule has 1 aromatic carbocycles. The summed E-state index contributed by atoms with van der Waals surface area (Å²) in [7, 11) is 0. The molecule has 1 atom stereocenters. The minimum absolute atomic E-state index is 0.0279. The predicted molar refractivity (Wildman–Crippen MR) is 94.1 cm³/mol. The van der Waals surface area contributed by atoms with Crippen LogP contribution in [0.4, 0.5) is 5.69 Å². The first-order valence-corrected chi connectivity index (χ1v) is 8.44. The molecule has 132 valence electrons. The van der Waals surface area contributed by atoms with Crippen molar-refractivity contribution in [2.75, 3.05) is 38.1 Å². The highest BCUT2D eigenvalue weighted by Gasteiger charge is 2.21. The Morgan fingerprint density at radius 2 is 2.00 bits per heavy atom. The molecule has 1 fully saturated rings. The number of carbonyl (C=O) groups excluding carboxylic acids is 2. The summed E-state index contributed by atoms with van der Waals surface area (Å²) in [6.45, 7) is 9.92. The number of hydrogen-bond donors (Lipinski definition) is 2. The molecule has 0 saturated carbocycles. The number of amides is 2. The summed E-state index contributed by atoms with van der Waals surface area (Å²) in [5.41, 5.74) is 1.25. The third-order valence-corrected chi connectivity index (χ3v) is 3.80. The van der Waals surface area contributed by atoms with Gasteiger partial charge in [-0.05, 0) is 30.2 Å². The molecule has 0 aliphatic carbocycles. The summed E-state index contributed by atoms with van der Waals surface area (Å²) in [6.07, 6.45) is 0.0279. The summed E-state index contributed by atoms with van der Waals surface area (Å²) in [5.74, 6) is 0.363. The van der Waals surface area contributed by atoms with Gasteiger partial charge in [-0.25, -0.2) is 0 Å². The van der Waals surface area contributed by atoms with Crippen molar-refractivity contribution in [2.45, 2.75) is 26.9 Å². The number of morpholine rings is 1. The molecule has 1 aromatic rings. The van der Waals surface area contributed by atoms with E-state index in [-0.39, 0.29) is 17.9 Å². The van der Waals surface area contributed by atoms with Crippen molar-refractivity contribution in [2.24, 2.45) is 5.92 Å². The summed E-state index contributed by atoms with van der Waals surface area (Å²) in [4.78, 5) is 25.6. The van der Waals surface area contributed by atoms with Crippen molar-refractivity contribution in [3.05, 3.63) is 29.8 Å². The smallest absolute Gasteiger partial charge is 0.251 e. The molecule has 2 N–H and O–H groups in total. The maximum absolute atomic E-state index is 12.2. The molecule has 0 aromatic heterocycles. The van der Waals surface area contributed by atoms with Crippen LogP contribution in [-0.2, 0) is 9.53 Å². The van der Waals surface area contributed by atoms with E-state index in [1.807, 2.05) is 0 Å². The molecule has 6 heteroatoms. The fourth-order valence-corrected chi connectivity index (χ4v) is 2.80. The van der Waals surface area contributed by atoms with Crippen LogP contribution in [0.2, 0.25) is 0 Å². The summed E-state index contributed by atoms with van der Waals surface area (Å²) in [6, 6.07) is 6.84. The van der Waals surface area contributed by atoms with Crippen LogP contribution in [-0.4, -0.2) is 55.6 Å². The lowest BCUT2D eigenvalue weighted by molar-refractivity contribution is -0.114. The number of ether oxygens (including phenoxy) is 1. The zero-order valence-corrected chi connectivity index (χ0v) is 14.7. The third kappa shape index (κ3) is 5.94. The van der Waals surface area contributed by atoms with Gasteiger partial charge in [-0.3, -0.25) is 14.5 Å². The van der Waals surface area contributed by atoms with Crippen LogP contribution in [0.1, 0.15) is 31.1 Å². The number of benzene rings is 1. The van der Waals surface area contributed by atoms with E-state index < -0.39 is 0 Å². The lowest BCUT2D eigenvalue weighted by atomic mass is 10.1. The summed E-state index contributed by atoms with van der Waals surface area (Å²) >= 11 is 0. The quantitative estimate of drug-likeness (QED) is 0.832. The molecular weight excluding hydrogens is 306 g/mol. The monoisotopic (exact) mass is 333 g/mol. The number of anilines is 1. The van der Waals surface area contributed by atoms with Crippen LogP contribution in [0, 0.1) is 5.92 Å². The molecule has 2 rings (SSSR count). The van der Waals surface area contributed by atoms with E-state index in [0.29, 0.717) is 30.3 Å². The standard InChI is InChI=1S/C18H27N3O3/c1-13(2)11-21-8-9-24-17(12-21)10-19-18(23)15-4-6-16(7-5-15)20-14(3)22/h4-7,13,17H,8-12H2,1-3H3,(H,19,23)(H,20,22). The minimum Gasteiger partial charge on any atom is -0.374 e. The molecule has 6 nitrogen and oxygen atoms in total. The average Bonchev–Trinajstić information content (AvgIpc) is 2.52. The molecule has 24 heavy (non-hydrogen) atoms. The highest BCUT2D eigenvalue weighted by Crippen LogP contribution is 2.10. The van der Waals surface area contributed by atoms with Crippen molar-refractivity contribution in [1.29, 1.82) is 0 Å². The van der Waals surface area contributed by atoms with Gasteiger partial charge in [0.2, 0.25) is 5.91 Å². The van der Waals surface area contributed by atoms with Gasteiger partial charge < -0.3 is 15.4 Å². The van der Waals surface area contributed by atoms with Crippen LogP contribution in [0.15, 0.2) is 24.3 Å². The lowest BCUT2D eigenvalue weighted by Crippen LogP contribution is -2.48. The Morgan fingerprint density at radius 3 is 2.62 bits per heavy atom. The molecule has 0 bridgehead atoms. The first-order valence-electron chi connectivity index (χ1n) is 8.44. The minimum atomic E-state index is -0.132. The molecular formula is C18H27N3O3. The molecule has 1 saturated heterocycles. The largest absolute Gasteiger partial charge is 0.374 e. The maximum Gasteiger partial charge on any atom is 0.251 e. The van der Waals surface area contributed by atoms with Gasteiger partial charge in [0.25, 0.3) is 5.91 Å². The summed E-state index contributed by atoms with van der Waals surface area (Å²) < 4.78 is 5.74. The Morgan fingerprint density at radius 1 is 1.29 bits per heavy atom. The Bertz CT molecular complexity index is 557. The number of rotatable bonds is 6. The van der Waals surface area contributed by atoms with Gasteiger partial charge in [-0.1, -0.05) is 13.8 Å². The van der Waals surface area contributed by atoms with Crippen molar-refractivity contribution < 1.29 is 14.3 Å². The van der Waals surface area contributed by atoms with Crippen molar-refractivity contribution in [3.63, 3.8) is 0 Å². The lowest BCUT2D eigenvalue weighted by Gasteiger charge is -2.33. The molecule has 1 aliphatic rings. The van der Waals surface area contributed by atoms with Crippen molar-refractivity contribution in [3.8, 4) is 0 Å². The Kier molecular flexibility index (Phi) is 6.75. The molecule has 2 amide bonds. The van der Waals surface area contributed by atoms with Gasteiger partial charge in [-0.2, -0.15) is 0 Å². The van der Waals surface area contributed by atoms with E-state index in [4.69, 9.17) is 4.74 Å². The van der Waals surface area contributed by atoms with Crippen LogP contribution in [0.3, 0.4) is 0 Å². The average molecular weight is 333 g/mol. The molecule has 1 unspecified atom stereocenters. The highest BCUT2D eigenvalue weighted by atomic mass is 16.5. The van der Waals surface area contributed by atoms with Crippen molar-refractivity contribution in [1.82, 2.24) is 10.2 Å². The van der Waals surface area contributed by atoms with Crippen LogP contribution in [0.5, 0.6) is 0 Å². The van der Waals surface area contributed by atoms with Crippen LogP contribution >= 0.6 is 0 Å². The van der Waals surface area contributed by atoms with Gasteiger partial charge in [0.05, 0.1) is 12.7 Å². The maximum atomic E-state index is 12.2. The first-order chi connectivity index (χ1) is 11.4. The second kappa shape index (κ2) is 8.80. The van der Waals surface area contributed by atoms with Crippen LogP contribution in [0.25, 0.3) is 0 Å². The van der Waals surface area contributed by atoms with E-state index in [0.717, 1.165) is 19.6 Å². The topological polar surface area (TPSA) is 70.7 Å². The molecule has 0 spiro atoms. The molecule has 1 heterocycles. The highest BCUT2D eigenvalue weighted by molar-refractivity contribution is 5.95. The summed E-state index contributed by atoms with van der Waals surface area (Å²) in [5, 5.41) is 5.60. The van der Waals surface area contributed by atoms with Gasteiger partial charge in [-0.15, -0.1) is 0 Å². The Balaban J connectivity index is 1.81. The normalized spacial score (nSPS) is 18.4. The van der Waals surface area contributed by atoms with Gasteiger partial charge >= 0.3 is 0 Å². The predicted octanol–water partition coefficient (Wildman–Crippen LogP) is 1.73. The van der Waals surface area contributed by atoms with E-state index in [2.05, 4.69) is 29.4 Å². The van der Waals surface area contributed by atoms with E-state index >= 15 is 0 Å². The first kappa shape index (κ1) is 18.4. The fourth-order valence-electron chi connectivity index (χ4n) is 2.80. The zero-order chi connectivity index (χ0) is 17.5. The number of nitrogens with one attached hydrogen (secondary N) is 2. The molecule has 1 aliphatic heterocycles. The SMILES string of the molecule is CC(=O)Nc1ccc(C(=O)NCC2CN(CC(C)C)CCO2)cc1. The molecule has 0 radical (unpaired) electrons. The number of carbonyl (C=O) groups is 2. The second-order valence-electron chi connectivity index (χ2n) is 6.61. The number of nitrogens with zero attached hydrogens (tertiary/aromatic N) is 1. The van der Waals surface area contributed by atoms with E-state index in [9.17, 15) is 9.59 Å². The van der Waals surface area contributed by atoms with Gasteiger partial charge in [0, 0.05) is 44.4 Å².